The summed E-state index contributed by atoms with van der Waals surface area (Å²) in [6.07, 6.45) is 2.30. The van der Waals surface area contributed by atoms with Gasteiger partial charge in [0, 0.05) is 25.6 Å². The van der Waals surface area contributed by atoms with E-state index >= 15 is 0 Å². The number of hydrogen-bond donors (Lipinski definition) is 4. The number of methoxy groups -OCH3 is 3. The maximum atomic E-state index is 13.6. The molecule has 40 heavy (non-hydrogen) atoms. The molecule has 0 saturated carbocycles. The minimum atomic E-state index is -0.657. The third-order valence-corrected chi connectivity index (χ3v) is 7.36. The number of nitrogens with one attached hydrogen (secondary N) is 3. The van der Waals surface area contributed by atoms with Crippen LogP contribution in [-0.2, 0) is 16.0 Å². The lowest BCUT2D eigenvalue weighted by molar-refractivity contribution is -0.123. The Morgan fingerprint density at radius 3 is 2.42 bits per heavy atom. The summed E-state index contributed by atoms with van der Waals surface area (Å²) in [6, 6.07) is 5.84. The van der Waals surface area contributed by atoms with Crippen molar-refractivity contribution in [3.63, 3.8) is 0 Å². The zero-order chi connectivity index (χ0) is 29.4. The van der Waals surface area contributed by atoms with Crippen molar-refractivity contribution < 1.29 is 28.9 Å². The lowest BCUT2D eigenvalue weighted by Crippen LogP contribution is -2.44. The molecule has 2 aromatic rings. The molecule has 1 aliphatic rings. The summed E-state index contributed by atoms with van der Waals surface area (Å²) in [4.78, 5) is 38.8. The number of rotatable bonds is 12. The van der Waals surface area contributed by atoms with Crippen LogP contribution in [0.3, 0.4) is 0 Å². The summed E-state index contributed by atoms with van der Waals surface area (Å²) < 4.78 is 17.0. The van der Waals surface area contributed by atoms with Gasteiger partial charge in [0.1, 0.15) is 6.04 Å². The molecule has 0 spiro atoms. The van der Waals surface area contributed by atoms with Gasteiger partial charge in [-0.1, -0.05) is 26.3 Å². The number of aliphatic hydroxyl groups excluding tert-OH is 1. The molecule has 0 saturated heterocycles. The van der Waals surface area contributed by atoms with Crippen LogP contribution < -0.4 is 35.6 Å². The number of carbonyl (C=O) groups excluding carboxylic acids is 2. The van der Waals surface area contributed by atoms with Crippen LogP contribution in [0.4, 0.5) is 5.69 Å². The number of fused-ring (bicyclic) bond motifs is 3. The standard InChI is InChI=1S/C30H41N3O7/c1-7-17(2)27(30(37)31-13-8-14-34)33-23-12-10-20-21(16-24(23)36)22(32-18(3)35)11-9-19-15-25(38-4)28(39-5)29(40-6)26(19)20/h10,12,15-17,22,27,34H,7-9,11,13-14H2,1-6H3,(H,31,37)(H,32,35)(H,33,36). The van der Waals surface area contributed by atoms with Gasteiger partial charge in [0.05, 0.1) is 33.1 Å². The van der Waals surface area contributed by atoms with Gasteiger partial charge in [-0.3, -0.25) is 14.4 Å². The monoisotopic (exact) mass is 555 g/mol. The van der Waals surface area contributed by atoms with Crippen molar-refractivity contribution >= 4 is 17.5 Å². The lowest BCUT2D eigenvalue weighted by atomic mass is 9.95. The van der Waals surface area contributed by atoms with Crippen LogP contribution in [0.2, 0.25) is 0 Å². The molecule has 0 aliphatic heterocycles. The fraction of sp³-hybridized carbons (Fsp3) is 0.500. The van der Waals surface area contributed by atoms with Crippen molar-refractivity contribution in [1.82, 2.24) is 10.6 Å². The Labute approximate surface area is 235 Å². The molecule has 10 nitrogen and oxygen atoms in total. The number of anilines is 1. The normalized spacial score (nSPS) is 15.4. The van der Waals surface area contributed by atoms with Crippen molar-refractivity contribution in [3.8, 4) is 28.4 Å². The summed E-state index contributed by atoms with van der Waals surface area (Å²) in [7, 11) is 4.65. The van der Waals surface area contributed by atoms with E-state index in [4.69, 9.17) is 19.3 Å². The van der Waals surface area contributed by atoms with Gasteiger partial charge in [0.2, 0.25) is 23.0 Å². The number of aliphatic hydroxyl groups is 1. The molecule has 0 heterocycles. The molecule has 1 aliphatic carbocycles. The lowest BCUT2D eigenvalue weighted by Gasteiger charge is -2.24. The first-order valence-electron chi connectivity index (χ1n) is 13.6. The van der Waals surface area contributed by atoms with Crippen LogP contribution in [-0.4, -0.2) is 57.4 Å². The molecule has 0 bridgehead atoms. The number of ether oxygens (including phenoxy) is 3. The first-order chi connectivity index (χ1) is 19.2. The van der Waals surface area contributed by atoms with Gasteiger partial charge in [-0.25, -0.2) is 0 Å². The Kier molecular flexibility index (Phi) is 10.8. The Morgan fingerprint density at radius 1 is 1.10 bits per heavy atom. The van der Waals surface area contributed by atoms with E-state index in [1.165, 1.54) is 20.1 Å². The second-order valence-electron chi connectivity index (χ2n) is 9.97. The van der Waals surface area contributed by atoms with Gasteiger partial charge in [-0.15, -0.1) is 0 Å². The van der Waals surface area contributed by atoms with E-state index < -0.39 is 12.1 Å². The number of aryl methyl sites for hydroxylation is 1. The van der Waals surface area contributed by atoms with Crippen molar-refractivity contribution in [2.45, 2.75) is 58.5 Å². The Bertz CT molecular complexity index is 1280. The van der Waals surface area contributed by atoms with Gasteiger partial charge in [0.25, 0.3) is 0 Å². The quantitative estimate of drug-likeness (QED) is 0.293. The number of carbonyl (C=O) groups is 2. The average molecular weight is 556 g/mol. The van der Waals surface area contributed by atoms with Crippen LogP contribution in [0.15, 0.2) is 29.1 Å². The summed E-state index contributed by atoms with van der Waals surface area (Å²) in [5.74, 6) is 0.898. The van der Waals surface area contributed by atoms with Gasteiger partial charge < -0.3 is 35.3 Å². The van der Waals surface area contributed by atoms with Crippen LogP contribution >= 0.6 is 0 Å². The molecule has 3 atom stereocenters. The highest BCUT2D eigenvalue weighted by molar-refractivity contribution is 5.86. The molecule has 218 valence electrons. The third-order valence-electron chi connectivity index (χ3n) is 7.36. The largest absolute Gasteiger partial charge is 0.493 e. The Hall–Kier alpha value is -3.79. The molecule has 4 N–H and O–H groups in total. The molecule has 10 heteroatoms. The van der Waals surface area contributed by atoms with Crippen LogP contribution in [0, 0.1) is 5.92 Å². The van der Waals surface area contributed by atoms with Crippen molar-refractivity contribution in [3.05, 3.63) is 45.6 Å². The van der Waals surface area contributed by atoms with E-state index in [9.17, 15) is 14.4 Å². The molecule has 0 aromatic heterocycles. The van der Waals surface area contributed by atoms with E-state index in [1.807, 2.05) is 26.0 Å². The van der Waals surface area contributed by atoms with Gasteiger partial charge in [0.15, 0.2) is 11.5 Å². The predicted octanol–water partition coefficient (Wildman–Crippen LogP) is 3.19. The topological polar surface area (TPSA) is 135 Å². The van der Waals surface area contributed by atoms with Crippen LogP contribution in [0.5, 0.6) is 17.2 Å². The van der Waals surface area contributed by atoms with Crippen molar-refractivity contribution in [1.29, 1.82) is 0 Å². The van der Waals surface area contributed by atoms with Crippen molar-refractivity contribution in [2.75, 3.05) is 39.8 Å². The molecule has 2 aromatic carbocycles. The van der Waals surface area contributed by atoms with Crippen LogP contribution in [0.25, 0.3) is 11.1 Å². The fourth-order valence-corrected chi connectivity index (χ4v) is 5.10. The Morgan fingerprint density at radius 2 is 1.82 bits per heavy atom. The zero-order valence-corrected chi connectivity index (χ0v) is 24.2. The zero-order valence-electron chi connectivity index (χ0n) is 24.2. The van der Waals surface area contributed by atoms with Crippen LogP contribution in [0.1, 0.15) is 57.2 Å². The molecule has 3 unspecified atom stereocenters. The van der Waals surface area contributed by atoms with Crippen molar-refractivity contribution in [2.24, 2.45) is 5.92 Å². The first-order valence-corrected chi connectivity index (χ1v) is 13.6. The van der Waals surface area contributed by atoms with E-state index in [2.05, 4.69) is 16.0 Å². The molecule has 0 radical (unpaired) electrons. The molecular weight excluding hydrogens is 514 g/mol. The second kappa shape index (κ2) is 14.0. The number of amides is 2. The highest BCUT2D eigenvalue weighted by Gasteiger charge is 2.30. The van der Waals surface area contributed by atoms with E-state index in [0.717, 1.165) is 11.1 Å². The first kappa shape index (κ1) is 30.7. The minimum Gasteiger partial charge on any atom is -0.493 e. The fourth-order valence-electron chi connectivity index (χ4n) is 5.10. The SMILES string of the molecule is CCC(C)C(Nc1ccc2c(cc1=O)C(NC(C)=O)CCc1cc(OC)c(OC)c(OC)c1-2)C(=O)NCCCO. The van der Waals surface area contributed by atoms with Gasteiger partial charge >= 0.3 is 0 Å². The number of hydrogen-bond acceptors (Lipinski definition) is 8. The van der Waals surface area contributed by atoms with Gasteiger partial charge in [-0.05, 0) is 60.1 Å². The third kappa shape index (κ3) is 6.67. The van der Waals surface area contributed by atoms with Gasteiger partial charge in [-0.2, -0.15) is 0 Å². The maximum absolute atomic E-state index is 13.6. The average Bonchev–Trinajstić information content (AvgIpc) is 3.18. The van der Waals surface area contributed by atoms with E-state index in [0.29, 0.717) is 60.6 Å². The summed E-state index contributed by atoms with van der Waals surface area (Å²) in [6.45, 7) is 5.69. The minimum absolute atomic E-state index is 0.0243. The summed E-state index contributed by atoms with van der Waals surface area (Å²) in [5.41, 5.74) is 2.99. The summed E-state index contributed by atoms with van der Waals surface area (Å²) in [5, 5.41) is 18.1. The highest BCUT2D eigenvalue weighted by Crippen LogP contribution is 2.50. The molecule has 0 fully saturated rings. The summed E-state index contributed by atoms with van der Waals surface area (Å²) >= 11 is 0. The molecule has 3 rings (SSSR count). The van der Waals surface area contributed by atoms with E-state index in [-0.39, 0.29) is 35.5 Å². The second-order valence-corrected chi connectivity index (χ2v) is 9.97. The maximum Gasteiger partial charge on any atom is 0.242 e. The predicted molar refractivity (Wildman–Crippen MR) is 154 cm³/mol. The Balaban J connectivity index is 2.22. The molecule has 2 amide bonds. The number of benzene rings is 1. The van der Waals surface area contributed by atoms with E-state index in [1.54, 1.807) is 20.3 Å². The highest BCUT2D eigenvalue weighted by atomic mass is 16.5. The molecular formula is C30H41N3O7. The smallest absolute Gasteiger partial charge is 0.242 e.